The van der Waals surface area contributed by atoms with Gasteiger partial charge in [0.15, 0.2) is 0 Å². The van der Waals surface area contributed by atoms with Crippen molar-refractivity contribution in [1.82, 2.24) is 10.3 Å². The van der Waals surface area contributed by atoms with Gasteiger partial charge in [-0.25, -0.2) is 4.79 Å². The first-order chi connectivity index (χ1) is 12.2. The van der Waals surface area contributed by atoms with Crippen LogP contribution in [0.3, 0.4) is 0 Å². The number of nitrogens with two attached hydrogens (primary N) is 1. The van der Waals surface area contributed by atoms with Crippen LogP contribution in [-0.2, 0) is 4.74 Å². The summed E-state index contributed by atoms with van der Waals surface area (Å²) in [6.07, 6.45) is 3.12. The molecule has 0 saturated heterocycles. The number of hydrogen-bond donors (Lipinski definition) is 3. The first kappa shape index (κ1) is 19.8. The van der Waals surface area contributed by atoms with Crippen LogP contribution in [0.4, 0.5) is 10.6 Å². The molecule has 1 heterocycles. The van der Waals surface area contributed by atoms with E-state index in [1.165, 1.54) is 7.11 Å². The van der Waals surface area contributed by atoms with Crippen molar-refractivity contribution in [2.24, 2.45) is 5.73 Å². The van der Waals surface area contributed by atoms with E-state index in [9.17, 15) is 9.59 Å². The highest BCUT2D eigenvalue weighted by molar-refractivity contribution is 5.95. The topological polar surface area (TPSA) is 116 Å². The molecule has 0 spiro atoms. The van der Waals surface area contributed by atoms with Crippen LogP contribution in [0.25, 0.3) is 0 Å². The van der Waals surface area contributed by atoms with Crippen molar-refractivity contribution in [1.29, 1.82) is 0 Å². The van der Waals surface area contributed by atoms with Gasteiger partial charge >= 0.3 is 6.09 Å². The quantitative estimate of drug-likeness (QED) is 0.739. The van der Waals surface area contributed by atoms with E-state index >= 15 is 0 Å². The van der Waals surface area contributed by atoms with Gasteiger partial charge in [-0.1, -0.05) is 0 Å². The lowest BCUT2D eigenvalue weighted by Crippen LogP contribution is -2.42. The van der Waals surface area contributed by atoms with Crippen molar-refractivity contribution in [2.75, 3.05) is 12.4 Å². The second-order valence-corrected chi connectivity index (χ2v) is 7.46. The molecule has 0 unspecified atom stereocenters. The molecule has 1 aliphatic rings. The number of methoxy groups -OCH3 is 1. The summed E-state index contributed by atoms with van der Waals surface area (Å²) < 4.78 is 10.4. The summed E-state index contributed by atoms with van der Waals surface area (Å²) in [5.74, 6) is 0.271. The van der Waals surface area contributed by atoms with E-state index in [1.807, 2.05) is 20.8 Å². The molecule has 1 saturated carbocycles. The Morgan fingerprint density at radius 1 is 1.15 bits per heavy atom. The Morgan fingerprint density at radius 2 is 1.77 bits per heavy atom. The van der Waals surface area contributed by atoms with E-state index in [1.54, 1.807) is 12.1 Å². The number of carbonyl (C=O) groups excluding carboxylic acids is 2. The molecule has 1 fully saturated rings. The fourth-order valence-corrected chi connectivity index (χ4v) is 2.93. The fourth-order valence-electron chi connectivity index (χ4n) is 2.93. The first-order valence-electron chi connectivity index (χ1n) is 8.79. The zero-order chi connectivity index (χ0) is 19.3. The lowest BCUT2D eigenvalue weighted by Gasteiger charge is -2.30. The third-order valence-electron chi connectivity index (χ3n) is 4.12. The average molecular weight is 364 g/mol. The summed E-state index contributed by atoms with van der Waals surface area (Å²) in [6.45, 7) is 5.54. The molecular weight excluding hydrogens is 336 g/mol. The summed E-state index contributed by atoms with van der Waals surface area (Å²) >= 11 is 0. The molecule has 0 atom stereocenters. The second kappa shape index (κ2) is 8.25. The van der Waals surface area contributed by atoms with Gasteiger partial charge in [-0.15, -0.1) is 0 Å². The van der Waals surface area contributed by atoms with E-state index < -0.39 is 11.5 Å². The molecule has 0 radical (unpaired) electrons. The van der Waals surface area contributed by atoms with Crippen molar-refractivity contribution in [3.05, 3.63) is 17.7 Å². The van der Waals surface area contributed by atoms with Gasteiger partial charge in [-0.05, 0) is 58.6 Å². The molecule has 0 bridgehead atoms. The van der Waals surface area contributed by atoms with Crippen molar-refractivity contribution in [3.8, 4) is 5.88 Å². The van der Waals surface area contributed by atoms with E-state index in [4.69, 9.17) is 15.2 Å². The van der Waals surface area contributed by atoms with E-state index in [0.717, 1.165) is 25.7 Å². The van der Waals surface area contributed by atoms with Gasteiger partial charge in [0.2, 0.25) is 5.88 Å². The highest BCUT2D eigenvalue weighted by Gasteiger charge is 2.25. The predicted molar refractivity (Wildman–Crippen MR) is 98.3 cm³/mol. The fraction of sp³-hybridized carbons (Fsp3) is 0.611. The Morgan fingerprint density at radius 3 is 2.31 bits per heavy atom. The predicted octanol–water partition coefficient (Wildman–Crippen LogP) is 2.44. The molecular formula is C18H28N4O4. The summed E-state index contributed by atoms with van der Waals surface area (Å²) in [4.78, 5) is 27.5. The number of nitrogens with one attached hydrogen (secondary N) is 2. The maximum atomic E-state index is 11.8. The molecule has 0 aromatic carbocycles. The summed E-state index contributed by atoms with van der Waals surface area (Å²) in [5, 5.41) is 6.27. The molecule has 0 aliphatic heterocycles. The molecule has 144 valence electrons. The maximum Gasteiger partial charge on any atom is 0.407 e. The molecule has 8 nitrogen and oxygen atoms in total. The monoisotopic (exact) mass is 364 g/mol. The van der Waals surface area contributed by atoms with Crippen molar-refractivity contribution in [2.45, 2.75) is 64.1 Å². The van der Waals surface area contributed by atoms with Gasteiger partial charge in [-0.3, -0.25) is 4.79 Å². The minimum Gasteiger partial charge on any atom is -0.480 e. The number of alkyl carbamates (subject to hydrolysis) is 1. The van der Waals surface area contributed by atoms with Crippen LogP contribution < -0.4 is 21.1 Å². The van der Waals surface area contributed by atoms with Crippen LogP contribution in [0, 0.1) is 0 Å². The lowest BCUT2D eigenvalue weighted by molar-refractivity contribution is 0.0492. The number of pyridine rings is 1. The van der Waals surface area contributed by atoms with Gasteiger partial charge in [0.1, 0.15) is 17.0 Å². The van der Waals surface area contributed by atoms with Crippen LogP contribution in [0.1, 0.15) is 56.8 Å². The number of ether oxygens (including phenoxy) is 2. The Kier molecular flexibility index (Phi) is 6.28. The second-order valence-electron chi connectivity index (χ2n) is 7.46. The van der Waals surface area contributed by atoms with Gasteiger partial charge in [-0.2, -0.15) is 4.98 Å². The van der Waals surface area contributed by atoms with E-state index in [-0.39, 0.29) is 29.6 Å². The largest absolute Gasteiger partial charge is 0.480 e. The Labute approximate surface area is 153 Å². The van der Waals surface area contributed by atoms with Crippen LogP contribution in [0.5, 0.6) is 5.88 Å². The third kappa shape index (κ3) is 5.79. The number of aromatic nitrogens is 1. The number of carbonyl (C=O) groups is 2. The number of hydrogen-bond acceptors (Lipinski definition) is 6. The van der Waals surface area contributed by atoms with Crippen molar-refractivity contribution >= 4 is 17.8 Å². The van der Waals surface area contributed by atoms with Gasteiger partial charge < -0.3 is 25.8 Å². The highest BCUT2D eigenvalue weighted by atomic mass is 16.6. The minimum atomic E-state index is -0.574. The van der Waals surface area contributed by atoms with E-state index in [0.29, 0.717) is 5.82 Å². The molecule has 2 amide bonds. The zero-order valence-corrected chi connectivity index (χ0v) is 15.8. The molecule has 26 heavy (non-hydrogen) atoms. The van der Waals surface area contributed by atoms with Crippen LogP contribution in [-0.4, -0.2) is 41.8 Å². The van der Waals surface area contributed by atoms with Crippen LogP contribution in [0.15, 0.2) is 12.1 Å². The van der Waals surface area contributed by atoms with Gasteiger partial charge in [0.05, 0.1) is 7.11 Å². The summed E-state index contributed by atoms with van der Waals surface area (Å²) in [7, 11) is 1.45. The number of rotatable bonds is 5. The summed E-state index contributed by atoms with van der Waals surface area (Å²) in [6, 6.07) is 3.67. The van der Waals surface area contributed by atoms with Gasteiger partial charge in [0.25, 0.3) is 5.91 Å². The Bertz CT molecular complexity index is 649. The Hall–Kier alpha value is -2.51. The van der Waals surface area contributed by atoms with Crippen LogP contribution >= 0.6 is 0 Å². The molecule has 2 rings (SSSR count). The summed E-state index contributed by atoms with van der Waals surface area (Å²) in [5.41, 5.74) is 5.05. The zero-order valence-electron chi connectivity index (χ0n) is 15.8. The first-order valence-corrected chi connectivity index (χ1v) is 8.79. The van der Waals surface area contributed by atoms with E-state index in [2.05, 4.69) is 15.6 Å². The normalized spacial score (nSPS) is 20.2. The van der Waals surface area contributed by atoms with Crippen molar-refractivity contribution < 1.29 is 19.1 Å². The highest BCUT2D eigenvalue weighted by Crippen LogP contribution is 2.24. The number of nitrogens with zero attached hydrogens (tertiary/aromatic N) is 1. The number of primary amides is 1. The molecule has 1 aromatic heterocycles. The van der Waals surface area contributed by atoms with Crippen molar-refractivity contribution in [3.63, 3.8) is 0 Å². The number of anilines is 1. The van der Waals surface area contributed by atoms with Gasteiger partial charge in [0, 0.05) is 12.1 Å². The minimum absolute atomic E-state index is 0.114. The lowest BCUT2D eigenvalue weighted by atomic mass is 9.91. The Balaban J connectivity index is 1.85. The molecule has 1 aliphatic carbocycles. The average Bonchev–Trinajstić information content (AvgIpc) is 2.54. The smallest absolute Gasteiger partial charge is 0.407 e. The standard InChI is InChI=1S/C18H28N4O4/c1-18(2,3)26-17(24)21-12-7-5-11(6-8-12)20-14-10-9-13(15(19)23)16(22-14)25-4/h9-12H,5-8H2,1-4H3,(H2,19,23)(H,20,22)(H,21,24). The maximum absolute atomic E-state index is 11.8. The number of amides is 2. The third-order valence-corrected chi connectivity index (χ3v) is 4.12. The molecule has 4 N–H and O–H groups in total. The van der Waals surface area contributed by atoms with Crippen LogP contribution in [0.2, 0.25) is 0 Å². The SMILES string of the molecule is COc1nc(NC2CCC(NC(=O)OC(C)(C)C)CC2)ccc1C(N)=O. The molecule has 1 aromatic rings. The molecule has 8 heteroatoms.